The second kappa shape index (κ2) is 11.3. The van der Waals surface area contributed by atoms with Crippen molar-refractivity contribution in [2.24, 2.45) is 5.73 Å². The number of sulfone groups is 1. The van der Waals surface area contributed by atoms with Crippen LogP contribution >= 0.6 is 12.4 Å². The highest BCUT2D eigenvalue weighted by molar-refractivity contribution is 7.90. The van der Waals surface area contributed by atoms with Gasteiger partial charge in [-0.25, -0.2) is 8.42 Å². The second-order valence-electron chi connectivity index (χ2n) is 5.67. The molecular weight excluding hydrogens is 352 g/mol. The molecule has 0 radical (unpaired) electrons. The Bertz CT molecular complexity index is 589. The zero-order chi connectivity index (χ0) is 17.3. The largest absolute Gasteiger partial charge is 0.494 e. The first-order valence-electron chi connectivity index (χ1n) is 7.74. The van der Waals surface area contributed by atoms with Crippen LogP contribution in [-0.4, -0.2) is 39.8 Å². The van der Waals surface area contributed by atoms with Crippen LogP contribution in [0.2, 0.25) is 0 Å². The van der Waals surface area contributed by atoms with Gasteiger partial charge in [0.05, 0.1) is 11.5 Å². The number of unbranched alkanes of at least 4 members (excludes halogenated alkanes) is 1. The molecule has 6 nitrogen and oxygen atoms in total. The molecule has 1 amide bonds. The van der Waals surface area contributed by atoms with Gasteiger partial charge in [-0.15, -0.1) is 12.4 Å². The van der Waals surface area contributed by atoms with Gasteiger partial charge < -0.3 is 15.8 Å². The summed E-state index contributed by atoms with van der Waals surface area (Å²) in [6.45, 7) is 3.01. The van der Waals surface area contributed by atoms with Crippen LogP contribution in [-0.2, 0) is 14.6 Å². The molecule has 0 aliphatic carbocycles. The molecule has 3 N–H and O–H groups in total. The number of carbonyl (C=O) groups excluding carboxylic acids is 1. The fourth-order valence-electron chi connectivity index (χ4n) is 1.89. The Morgan fingerprint density at radius 1 is 1.25 bits per heavy atom. The first-order chi connectivity index (χ1) is 10.8. The minimum Gasteiger partial charge on any atom is -0.494 e. The Hall–Kier alpha value is -1.31. The molecule has 1 unspecified atom stereocenters. The smallest absolute Gasteiger partial charge is 0.219 e. The number of carbonyl (C=O) groups is 1. The lowest BCUT2D eigenvalue weighted by Gasteiger charge is -2.08. The van der Waals surface area contributed by atoms with Crippen LogP contribution in [0.4, 0.5) is 0 Å². The van der Waals surface area contributed by atoms with Crippen LogP contribution in [0, 0.1) is 0 Å². The molecule has 0 aromatic heterocycles. The lowest BCUT2D eigenvalue weighted by molar-refractivity contribution is -0.121. The minimum atomic E-state index is -3.18. The van der Waals surface area contributed by atoms with Gasteiger partial charge in [0.2, 0.25) is 5.91 Å². The molecule has 1 aromatic carbocycles. The molecule has 0 aliphatic heterocycles. The van der Waals surface area contributed by atoms with Crippen LogP contribution in [0.3, 0.4) is 0 Å². The van der Waals surface area contributed by atoms with Crippen molar-refractivity contribution in [3.63, 3.8) is 0 Å². The van der Waals surface area contributed by atoms with Gasteiger partial charge in [0.25, 0.3) is 0 Å². The molecule has 8 heteroatoms. The topological polar surface area (TPSA) is 98.5 Å². The molecule has 0 aliphatic rings. The summed E-state index contributed by atoms with van der Waals surface area (Å²) in [5.41, 5.74) is 5.61. The summed E-state index contributed by atoms with van der Waals surface area (Å²) in [4.78, 5) is 11.8. The van der Waals surface area contributed by atoms with E-state index in [-0.39, 0.29) is 29.3 Å². The maximum Gasteiger partial charge on any atom is 0.219 e. The van der Waals surface area contributed by atoms with Crippen molar-refractivity contribution in [2.45, 2.75) is 43.5 Å². The Kier molecular flexibility index (Phi) is 10.7. The Morgan fingerprint density at radius 3 is 2.42 bits per heavy atom. The second-order valence-corrected chi connectivity index (χ2v) is 7.68. The summed E-state index contributed by atoms with van der Waals surface area (Å²) in [6, 6.07) is 6.42. The zero-order valence-electron chi connectivity index (χ0n) is 14.2. The van der Waals surface area contributed by atoms with Gasteiger partial charge in [-0.1, -0.05) is 0 Å². The number of ether oxygens (including phenoxy) is 1. The summed E-state index contributed by atoms with van der Waals surface area (Å²) in [5, 5.41) is 2.83. The summed E-state index contributed by atoms with van der Waals surface area (Å²) in [7, 11) is -3.18. The molecule has 1 atom stereocenters. The molecule has 24 heavy (non-hydrogen) atoms. The van der Waals surface area contributed by atoms with E-state index < -0.39 is 9.84 Å². The summed E-state index contributed by atoms with van der Waals surface area (Å²) < 4.78 is 28.2. The van der Waals surface area contributed by atoms with Crippen molar-refractivity contribution in [3.8, 4) is 5.75 Å². The Labute approximate surface area is 150 Å². The molecule has 0 spiro atoms. The third-order valence-electron chi connectivity index (χ3n) is 3.24. The Balaban J connectivity index is 0.00000529. The number of benzene rings is 1. The average molecular weight is 379 g/mol. The van der Waals surface area contributed by atoms with Crippen LogP contribution in [0.5, 0.6) is 5.75 Å². The summed E-state index contributed by atoms with van der Waals surface area (Å²) in [5.74, 6) is 0.655. The standard InChI is InChI=1S/C16H26N2O4S.ClH/c1-13(17)10-11-18-16(19)5-3-4-12-22-14-6-8-15(9-7-14)23(2,20)21;/h6-9,13H,3-5,10-12,17H2,1-2H3,(H,18,19);1H. The zero-order valence-corrected chi connectivity index (χ0v) is 15.8. The van der Waals surface area contributed by atoms with E-state index in [1.807, 2.05) is 6.92 Å². The average Bonchev–Trinajstić information content (AvgIpc) is 2.46. The third-order valence-corrected chi connectivity index (χ3v) is 4.37. The lowest BCUT2D eigenvalue weighted by atomic mass is 10.2. The van der Waals surface area contributed by atoms with Gasteiger partial charge in [0.15, 0.2) is 9.84 Å². The maximum atomic E-state index is 11.5. The van der Waals surface area contributed by atoms with Crippen LogP contribution in [0.1, 0.15) is 32.6 Å². The van der Waals surface area contributed by atoms with E-state index in [9.17, 15) is 13.2 Å². The molecule has 138 valence electrons. The number of rotatable bonds is 10. The van der Waals surface area contributed by atoms with E-state index >= 15 is 0 Å². The van der Waals surface area contributed by atoms with Crippen molar-refractivity contribution >= 4 is 28.2 Å². The number of amides is 1. The maximum absolute atomic E-state index is 11.5. The third kappa shape index (κ3) is 9.75. The van der Waals surface area contributed by atoms with Gasteiger partial charge in [-0.05, 0) is 50.5 Å². The number of hydrogen-bond donors (Lipinski definition) is 2. The van der Waals surface area contributed by atoms with E-state index in [4.69, 9.17) is 10.5 Å². The van der Waals surface area contributed by atoms with Gasteiger partial charge in [0, 0.05) is 25.3 Å². The predicted molar refractivity (Wildman–Crippen MR) is 97.4 cm³/mol. The quantitative estimate of drug-likeness (QED) is 0.606. The normalized spacial score (nSPS) is 12.1. The number of nitrogens with two attached hydrogens (primary N) is 1. The first kappa shape index (κ1) is 22.7. The van der Waals surface area contributed by atoms with Crippen molar-refractivity contribution < 1.29 is 17.9 Å². The van der Waals surface area contributed by atoms with Crippen molar-refractivity contribution in [3.05, 3.63) is 24.3 Å². The van der Waals surface area contributed by atoms with Crippen molar-refractivity contribution in [1.82, 2.24) is 5.32 Å². The van der Waals surface area contributed by atoms with Gasteiger partial charge in [-0.2, -0.15) is 0 Å². The van der Waals surface area contributed by atoms with Crippen molar-refractivity contribution in [2.75, 3.05) is 19.4 Å². The monoisotopic (exact) mass is 378 g/mol. The molecule has 0 heterocycles. The van der Waals surface area contributed by atoms with Gasteiger partial charge in [0.1, 0.15) is 5.75 Å². The number of nitrogens with one attached hydrogen (secondary N) is 1. The lowest BCUT2D eigenvalue weighted by Crippen LogP contribution is -2.28. The molecule has 0 fully saturated rings. The molecule has 0 saturated carbocycles. The molecule has 0 bridgehead atoms. The highest BCUT2D eigenvalue weighted by Crippen LogP contribution is 2.16. The Morgan fingerprint density at radius 2 is 1.88 bits per heavy atom. The van der Waals surface area contributed by atoms with Crippen molar-refractivity contribution in [1.29, 1.82) is 0 Å². The van der Waals surface area contributed by atoms with Crippen LogP contribution in [0.25, 0.3) is 0 Å². The van der Waals surface area contributed by atoms with E-state index in [2.05, 4.69) is 5.32 Å². The number of halogens is 1. The fourth-order valence-corrected chi connectivity index (χ4v) is 2.52. The highest BCUT2D eigenvalue weighted by Gasteiger charge is 2.06. The van der Waals surface area contributed by atoms with Crippen LogP contribution < -0.4 is 15.8 Å². The molecule has 0 saturated heterocycles. The molecule has 1 aromatic rings. The van der Waals surface area contributed by atoms with E-state index in [0.717, 1.165) is 19.3 Å². The highest BCUT2D eigenvalue weighted by atomic mass is 35.5. The van der Waals surface area contributed by atoms with Gasteiger partial charge in [-0.3, -0.25) is 4.79 Å². The SMILES string of the molecule is CC(N)CCNC(=O)CCCCOc1ccc(S(C)(=O)=O)cc1.Cl. The van der Waals surface area contributed by atoms with E-state index in [1.54, 1.807) is 12.1 Å². The number of hydrogen-bond acceptors (Lipinski definition) is 5. The first-order valence-corrected chi connectivity index (χ1v) is 9.63. The predicted octanol–water partition coefficient (Wildman–Crippen LogP) is 1.91. The summed E-state index contributed by atoms with van der Waals surface area (Å²) >= 11 is 0. The van der Waals surface area contributed by atoms with Gasteiger partial charge >= 0.3 is 0 Å². The fraction of sp³-hybridized carbons (Fsp3) is 0.562. The molecule has 1 rings (SSSR count). The summed E-state index contributed by atoms with van der Waals surface area (Å²) in [6.07, 6.45) is 3.91. The minimum absolute atomic E-state index is 0. The van der Waals surface area contributed by atoms with E-state index in [1.165, 1.54) is 18.4 Å². The molecular formula is C16H27ClN2O4S. The van der Waals surface area contributed by atoms with Crippen LogP contribution in [0.15, 0.2) is 29.2 Å². The van der Waals surface area contributed by atoms with E-state index in [0.29, 0.717) is 25.3 Å².